The molecule has 0 aliphatic rings. The molecule has 5 nitrogen and oxygen atoms in total. The fourth-order valence-electron chi connectivity index (χ4n) is 2.74. The lowest BCUT2D eigenvalue weighted by molar-refractivity contribution is 0.387. The maximum Gasteiger partial charge on any atom is 0.118 e. The third-order valence-electron chi connectivity index (χ3n) is 4.15. The molecule has 136 valence electrons. The zero-order valence-electron chi connectivity index (χ0n) is 15.6. The fraction of sp³-hybridized carbons (Fsp3) is 0.286. The molecule has 1 aromatic heterocycles. The van der Waals surface area contributed by atoms with Crippen LogP contribution in [0.3, 0.4) is 0 Å². The molecule has 2 rings (SSSR count). The third-order valence-corrected chi connectivity index (χ3v) is 4.15. The molecule has 26 heavy (non-hydrogen) atoms. The number of aryl methyl sites for hydroxylation is 1. The van der Waals surface area contributed by atoms with Crippen LogP contribution in [-0.2, 0) is 0 Å². The Morgan fingerprint density at radius 2 is 2.12 bits per heavy atom. The molecule has 0 radical (unpaired) electrons. The number of nitrogens with zero attached hydrogens (tertiary/aromatic N) is 3. The van der Waals surface area contributed by atoms with Crippen LogP contribution in [0, 0.1) is 12.3 Å². The zero-order valence-corrected chi connectivity index (χ0v) is 15.6. The van der Waals surface area contributed by atoms with E-state index >= 15 is 0 Å². The second kappa shape index (κ2) is 9.51. The van der Waals surface area contributed by atoms with Gasteiger partial charge in [0.1, 0.15) is 5.84 Å². The van der Waals surface area contributed by atoms with E-state index in [-0.39, 0.29) is 0 Å². The van der Waals surface area contributed by atoms with Crippen molar-refractivity contribution in [3.05, 3.63) is 66.7 Å². The highest BCUT2D eigenvalue weighted by Gasteiger charge is 2.05. The van der Waals surface area contributed by atoms with Gasteiger partial charge < -0.3 is 16.0 Å². The van der Waals surface area contributed by atoms with Gasteiger partial charge in [0.25, 0.3) is 0 Å². The summed E-state index contributed by atoms with van der Waals surface area (Å²) in [5, 5.41) is 10.5. The summed E-state index contributed by atoms with van der Waals surface area (Å²) in [7, 11) is 0. The lowest BCUT2D eigenvalue weighted by atomic mass is 9.99. The number of aromatic nitrogens is 1. The van der Waals surface area contributed by atoms with Crippen molar-refractivity contribution in [2.45, 2.75) is 20.3 Å². The van der Waals surface area contributed by atoms with Crippen molar-refractivity contribution < 1.29 is 0 Å². The Morgan fingerprint density at radius 3 is 2.85 bits per heavy atom. The predicted molar refractivity (Wildman–Crippen MR) is 111 cm³/mol. The van der Waals surface area contributed by atoms with Crippen LogP contribution in [0.25, 0.3) is 10.8 Å². The normalized spacial score (nSPS) is 11.8. The SMILES string of the molecule is C=CN(CCC)CCN=C(N)/C=C\C(=N)c1cc2cnccc2cc1C. The molecular weight excluding hydrogens is 322 g/mol. The third kappa shape index (κ3) is 5.28. The van der Waals surface area contributed by atoms with Crippen molar-refractivity contribution in [1.82, 2.24) is 9.88 Å². The van der Waals surface area contributed by atoms with E-state index in [0.717, 1.165) is 41.4 Å². The number of rotatable bonds is 9. The average molecular weight is 349 g/mol. The van der Waals surface area contributed by atoms with Crippen LogP contribution >= 0.6 is 0 Å². The second-order valence-electron chi connectivity index (χ2n) is 6.16. The summed E-state index contributed by atoms with van der Waals surface area (Å²) in [6.45, 7) is 10.3. The van der Waals surface area contributed by atoms with Crippen molar-refractivity contribution in [3.63, 3.8) is 0 Å². The van der Waals surface area contributed by atoms with Gasteiger partial charge in [-0.05, 0) is 54.8 Å². The van der Waals surface area contributed by atoms with Crippen LogP contribution in [0.4, 0.5) is 0 Å². The van der Waals surface area contributed by atoms with E-state index in [4.69, 9.17) is 11.1 Å². The van der Waals surface area contributed by atoms with Gasteiger partial charge in [-0.3, -0.25) is 9.98 Å². The highest BCUT2D eigenvalue weighted by Crippen LogP contribution is 2.19. The number of pyridine rings is 1. The molecule has 1 aromatic carbocycles. The molecule has 0 atom stereocenters. The van der Waals surface area contributed by atoms with E-state index in [1.165, 1.54) is 0 Å². The summed E-state index contributed by atoms with van der Waals surface area (Å²) in [6, 6.07) is 6.04. The van der Waals surface area contributed by atoms with Crippen LogP contribution in [0.5, 0.6) is 0 Å². The smallest absolute Gasteiger partial charge is 0.118 e. The van der Waals surface area contributed by atoms with E-state index in [2.05, 4.69) is 34.4 Å². The van der Waals surface area contributed by atoms with Crippen LogP contribution < -0.4 is 5.73 Å². The number of fused-ring (bicyclic) bond motifs is 1. The first kappa shape index (κ1) is 19.4. The van der Waals surface area contributed by atoms with E-state index in [1.807, 2.05) is 31.5 Å². The molecule has 3 N–H and O–H groups in total. The Labute approximate surface area is 155 Å². The van der Waals surface area contributed by atoms with Gasteiger partial charge >= 0.3 is 0 Å². The van der Waals surface area contributed by atoms with Gasteiger partial charge in [-0.1, -0.05) is 19.6 Å². The lowest BCUT2D eigenvalue weighted by Gasteiger charge is -2.17. The van der Waals surface area contributed by atoms with Gasteiger partial charge in [0.15, 0.2) is 0 Å². The standard InChI is InChI=1S/C21H27N5/c1-4-11-26(5-2)12-10-25-21(23)7-6-20(22)19-14-18-15-24-9-8-17(18)13-16(19)3/h5-9,13-15,22H,2,4,10-12H2,1,3H3,(H2,23,25)/b7-6-,22-20?. The van der Waals surface area contributed by atoms with Crippen LogP contribution in [0.15, 0.2) is 60.5 Å². The van der Waals surface area contributed by atoms with Gasteiger partial charge in [0.2, 0.25) is 0 Å². The topological polar surface area (TPSA) is 78.4 Å². The lowest BCUT2D eigenvalue weighted by Crippen LogP contribution is -2.22. The Bertz CT molecular complexity index is 835. The number of nitrogens with one attached hydrogen (secondary N) is 1. The minimum atomic E-state index is 0.408. The number of hydrogen-bond acceptors (Lipinski definition) is 4. The number of benzene rings is 1. The summed E-state index contributed by atoms with van der Waals surface area (Å²) >= 11 is 0. The highest BCUT2D eigenvalue weighted by molar-refractivity contribution is 6.12. The molecule has 0 aliphatic heterocycles. The largest absolute Gasteiger partial charge is 0.384 e. The summed E-state index contributed by atoms with van der Waals surface area (Å²) in [4.78, 5) is 10.6. The first-order valence-corrected chi connectivity index (χ1v) is 8.83. The monoisotopic (exact) mass is 349 g/mol. The Hall–Kier alpha value is -2.95. The van der Waals surface area contributed by atoms with Crippen molar-refractivity contribution in [3.8, 4) is 0 Å². The quantitative estimate of drug-likeness (QED) is 0.535. The Balaban J connectivity index is 2.03. The van der Waals surface area contributed by atoms with Gasteiger partial charge in [0.05, 0.1) is 12.3 Å². The minimum absolute atomic E-state index is 0.408. The maximum atomic E-state index is 8.33. The summed E-state index contributed by atoms with van der Waals surface area (Å²) in [6.07, 6.45) is 9.87. The first-order chi connectivity index (χ1) is 12.5. The molecule has 5 heteroatoms. The van der Waals surface area contributed by atoms with E-state index < -0.39 is 0 Å². The zero-order chi connectivity index (χ0) is 18.9. The molecular formula is C21H27N5. The molecule has 0 saturated carbocycles. The van der Waals surface area contributed by atoms with Crippen molar-refractivity contribution in [2.75, 3.05) is 19.6 Å². The van der Waals surface area contributed by atoms with E-state index in [9.17, 15) is 0 Å². The van der Waals surface area contributed by atoms with Crippen molar-refractivity contribution in [1.29, 1.82) is 5.41 Å². The number of aliphatic imine (C=N–C) groups is 1. The molecule has 0 unspecified atom stereocenters. The highest BCUT2D eigenvalue weighted by atomic mass is 15.1. The molecule has 0 amide bonds. The predicted octanol–water partition coefficient (Wildman–Crippen LogP) is 3.68. The minimum Gasteiger partial charge on any atom is -0.384 e. The molecule has 0 aliphatic carbocycles. The number of nitrogens with two attached hydrogens (primary N) is 1. The van der Waals surface area contributed by atoms with Gasteiger partial charge in [-0.25, -0.2) is 0 Å². The van der Waals surface area contributed by atoms with Crippen LogP contribution in [-0.4, -0.2) is 41.1 Å². The fourth-order valence-corrected chi connectivity index (χ4v) is 2.74. The summed E-state index contributed by atoms with van der Waals surface area (Å²) < 4.78 is 0. The number of allylic oxidation sites excluding steroid dienone is 1. The molecule has 0 fully saturated rings. The maximum absolute atomic E-state index is 8.33. The van der Waals surface area contributed by atoms with E-state index in [1.54, 1.807) is 18.3 Å². The van der Waals surface area contributed by atoms with Crippen molar-refractivity contribution >= 4 is 22.3 Å². The summed E-state index contributed by atoms with van der Waals surface area (Å²) in [5.74, 6) is 0.426. The second-order valence-corrected chi connectivity index (χ2v) is 6.16. The van der Waals surface area contributed by atoms with Crippen molar-refractivity contribution in [2.24, 2.45) is 10.7 Å². The molecule has 0 saturated heterocycles. The van der Waals surface area contributed by atoms with Gasteiger partial charge in [-0.2, -0.15) is 0 Å². The van der Waals surface area contributed by atoms with Crippen LogP contribution in [0.2, 0.25) is 0 Å². The molecule has 0 spiro atoms. The molecule has 1 heterocycles. The van der Waals surface area contributed by atoms with Gasteiger partial charge in [0, 0.05) is 36.4 Å². The average Bonchev–Trinajstić information content (AvgIpc) is 2.64. The van der Waals surface area contributed by atoms with Crippen LogP contribution in [0.1, 0.15) is 24.5 Å². The van der Waals surface area contributed by atoms with E-state index in [0.29, 0.717) is 18.1 Å². The first-order valence-electron chi connectivity index (χ1n) is 8.83. The number of hydrogen-bond donors (Lipinski definition) is 2. The summed E-state index contributed by atoms with van der Waals surface area (Å²) in [5.41, 5.74) is 8.27. The molecule has 0 bridgehead atoms. The Morgan fingerprint density at radius 1 is 1.31 bits per heavy atom. The number of amidine groups is 1. The molecule has 2 aromatic rings. The Kier molecular flexibility index (Phi) is 7.09. The van der Waals surface area contributed by atoms with Gasteiger partial charge in [-0.15, -0.1) is 0 Å².